The van der Waals surface area contributed by atoms with E-state index in [1.165, 1.54) is 5.56 Å². The summed E-state index contributed by atoms with van der Waals surface area (Å²) in [5.41, 5.74) is 1.00. The van der Waals surface area contributed by atoms with E-state index in [4.69, 9.17) is 0 Å². The highest BCUT2D eigenvalue weighted by Crippen LogP contribution is 2.46. The lowest BCUT2D eigenvalue weighted by Crippen LogP contribution is -2.32. The van der Waals surface area contributed by atoms with Gasteiger partial charge in [0, 0.05) is 14.8 Å². The molecule has 1 N–H and O–H groups in total. The van der Waals surface area contributed by atoms with Gasteiger partial charge in [0.15, 0.2) is 0 Å². The summed E-state index contributed by atoms with van der Waals surface area (Å²) in [6.45, 7) is 4.31. The topological polar surface area (TPSA) is 20.2 Å². The molecule has 2 rings (SSSR count). The molecule has 3 heteroatoms. The SMILES string of the molecule is CCC(CC)(c1ccccc1)C(O)c1sccc1Br. The number of benzene rings is 1. The number of aliphatic hydroxyl groups is 1. The molecule has 1 atom stereocenters. The lowest BCUT2D eigenvalue weighted by Gasteiger charge is -2.37. The Hall–Kier alpha value is -0.640. The molecule has 0 radical (unpaired) electrons. The van der Waals surface area contributed by atoms with Gasteiger partial charge >= 0.3 is 0 Å². The second-order valence-electron chi connectivity index (χ2n) is 4.76. The summed E-state index contributed by atoms with van der Waals surface area (Å²) in [7, 11) is 0. The number of thiophene rings is 1. The molecule has 0 spiro atoms. The molecule has 0 aliphatic carbocycles. The maximum absolute atomic E-state index is 10.9. The Morgan fingerprint density at radius 2 is 1.79 bits per heavy atom. The summed E-state index contributed by atoms with van der Waals surface area (Å²) in [4.78, 5) is 1.02. The van der Waals surface area contributed by atoms with E-state index in [9.17, 15) is 5.11 Å². The third kappa shape index (κ3) is 2.64. The Morgan fingerprint density at radius 3 is 2.26 bits per heavy atom. The molecule has 1 unspecified atom stereocenters. The van der Waals surface area contributed by atoms with Gasteiger partial charge in [0.2, 0.25) is 0 Å². The average molecular weight is 339 g/mol. The van der Waals surface area contributed by atoms with E-state index in [-0.39, 0.29) is 5.41 Å². The highest BCUT2D eigenvalue weighted by Gasteiger charge is 2.38. The number of rotatable bonds is 5. The van der Waals surface area contributed by atoms with Crippen LogP contribution >= 0.6 is 27.3 Å². The fraction of sp³-hybridized carbons (Fsp3) is 0.375. The van der Waals surface area contributed by atoms with Crippen LogP contribution in [0.1, 0.15) is 43.2 Å². The Kier molecular flexibility index (Phi) is 4.82. The zero-order valence-corrected chi connectivity index (χ0v) is 13.7. The highest BCUT2D eigenvalue weighted by atomic mass is 79.9. The van der Waals surface area contributed by atoms with Crippen LogP contribution in [0.4, 0.5) is 0 Å². The first-order valence-electron chi connectivity index (χ1n) is 6.62. The van der Waals surface area contributed by atoms with Crippen molar-refractivity contribution in [1.29, 1.82) is 0 Å². The van der Waals surface area contributed by atoms with E-state index in [2.05, 4.69) is 41.9 Å². The van der Waals surface area contributed by atoms with Crippen molar-refractivity contribution in [1.82, 2.24) is 0 Å². The second-order valence-corrected chi connectivity index (χ2v) is 6.57. The van der Waals surface area contributed by atoms with Gasteiger partial charge in [-0.15, -0.1) is 11.3 Å². The first kappa shape index (κ1) is 14.8. The quantitative estimate of drug-likeness (QED) is 0.783. The number of hydrogen-bond donors (Lipinski definition) is 1. The predicted octanol–water partition coefficient (Wildman–Crippen LogP) is 5.30. The minimum absolute atomic E-state index is 0.214. The molecule has 1 heterocycles. The third-order valence-corrected chi connectivity index (χ3v) is 5.95. The predicted molar refractivity (Wildman–Crippen MR) is 85.7 cm³/mol. The summed E-state index contributed by atoms with van der Waals surface area (Å²) >= 11 is 5.15. The summed E-state index contributed by atoms with van der Waals surface area (Å²) in [5.74, 6) is 0. The van der Waals surface area contributed by atoms with E-state index >= 15 is 0 Å². The molecule has 102 valence electrons. The van der Waals surface area contributed by atoms with E-state index in [1.807, 2.05) is 29.6 Å². The van der Waals surface area contributed by atoms with Gasteiger partial charge in [0.05, 0.1) is 6.10 Å². The Labute approximate surface area is 127 Å². The summed E-state index contributed by atoms with van der Waals surface area (Å²) < 4.78 is 1.01. The fourth-order valence-electron chi connectivity index (χ4n) is 2.72. The van der Waals surface area contributed by atoms with Gasteiger partial charge in [-0.2, -0.15) is 0 Å². The Morgan fingerprint density at radius 1 is 1.16 bits per heavy atom. The standard InChI is InChI=1S/C16H19BrOS/c1-3-16(4-2,12-8-6-5-7-9-12)15(18)14-13(17)10-11-19-14/h5-11,15,18H,3-4H2,1-2H3. The monoisotopic (exact) mass is 338 g/mol. The molecular formula is C16H19BrOS. The van der Waals surface area contributed by atoms with E-state index < -0.39 is 6.10 Å². The van der Waals surface area contributed by atoms with Crippen molar-refractivity contribution in [2.45, 2.75) is 38.2 Å². The highest BCUT2D eigenvalue weighted by molar-refractivity contribution is 9.10. The number of hydrogen-bond acceptors (Lipinski definition) is 2. The lowest BCUT2D eigenvalue weighted by atomic mass is 9.71. The zero-order chi connectivity index (χ0) is 13.9. The second kappa shape index (κ2) is 6.21. The van der Waals surface area contributed by atoms with Crippen LogP contribution in [0.3, 0.4) is 0 Å². The molecular weight excluding hydrogens is 320 g/mol. The summed E-state index contributed by atoms with van der Waals surface area (Å²) in [6, 6.07) is 12.4. The van der Waals surface area contributed by atoms with Gasteiger partial charge in [-0.25, -0.2) is 0 Å². The normalized spacial score (nSPS) is 13.5. The molecule has 0 bridgehead atoms. The molecule has 0 aliphatic rings. The Bertz CT molecular complexity index is 517. The minimum Gasteiger partial charge on any atom is -0.387 e. The van der Waals surface area contributed by atoms with Gasteiger partial charge in [-0.05, 0) is 45.8 Å². The molecule has 0 saturated heterocycles. The number of aliphatic hydroxyl groups excluding tert-OH is 1. The van der Waals surface area contributed by atoms with Gasteiger partial charge in [-0.1, -0.05) is 44.2 Å². The van der Waals surface area contributed by atoms with Crippen LogP contribution < -0.4 is 0 Å². The van der Waals surface area contributed by atoms with Gasteiger partial charge in [0.1, 0.15) is 0 Å². The molecule has 0 amide bonds. The van der Waals surface area contributed by atoms with Crippen molar-refractivity contribution >= 4 is 27.3 Å². The van der Waals surface area contributed by atoms with Crippen molar-refractivity contribution in [2.75, 3.05) is 0 Å². The molecule has 19 heavy (non-hydrogen) atoms. The Balaban J connectivity index is 2.48. The first-order valence-corrected chi connectivity index (χ1v) is 8.29. The van der Waals surface area contributed by atoms with E-state index in [1.54, 1.807) is 11.3 Å². The van der Waals surface area contributed by atoms with Gasteiger partial charge < -0.3 is 5.11 Å². The molecule has 2 aromatic rings. The lowest BCUT2D eigenvalue weighted by molar-refractivity contribution is 0.0753. The number of halogens is 1. The van der Waals surface area contributed by atoms with Crippen molar-refractivity contribution in [3.8, 4) is 0 Å². The maximum atomic E-state index is 10.9. The molecule has 0 aliphatic heterocycles. The van der Waals surface area contributed by atoms with Crippen LogP contribution in [-0.2, 0) is 5.41 Å². The van der Waals surface area contributed by atoms with Crippen LogP contribution in [0, 0.1) is 0 Å². The van der Waals surface area contributed by atoms with Crippen molar-refractivity contribution < 1.29 is 5.11 Å². The largest absolute Gasteiger partial charge is 0.387 e. The smallest absolute Gasteiger partial charge is 0.0989 e. The molecule has 0 fully saturated rings. The summed E-state index contributed by atoms with van der Waals surface area (Å²) in [5, 5.41) is 13.0. The average Bonchev–Trinajstić information content (AvgIpc) is 2.88. The van der Waals surface area contributed by atoms with Crippen molar-refractivity contribution in [3.63, 3.8) is 0 Å². The minimum atomic E-state index is -0.473. The van der Waals surface area contributed by atoms with Crippen LogP contribution in [0.15, 0.2) is 46.3 Å². The van der Waals surface area contributed by atoms with E-state index in [0.29, 0.717) is 0 Å². The maximum Gasteiger partial charge on any atom is 0.0989 e. The zero-order valence-electron chi connectivity index (χ0n) is 11.3. The van der Waals surface area contributed by atoms with E-state index in [0.717, 1.165) is 22.2 Å². The fourth-order valence-corrected chi connectivity index (χ4v) is 4.41. The third-order valence-electron chi connectivity index (χ3n) is 4.03. The molecule has 1 nitrogen and oxygen atoms in total. The van der Waals surface area contributed by atoms with Crippen molar-refractivity contribution in [3.05, 3.63) is 56.7 Å². The van der Waals surface area contributed by atoms with Gasteiger partial charge in [0.25, 0.3) is 0 Å². The van der Waals surface area contributed by atoms with Crippen molar-refractivity contribution in [2.24, 2.45) is 0 Å². The van der Waals surface area contributed by atoms with Crippen LogP contribution in [0.25, 0.3) is 0 Å². The van der Waals surface area contributed by atoms with Gasteiger partial charge in [-0.3, -0.25) is 0 Å². The van der Waals surface area contributed by atoms with Crippen LogP contribution in [0.5, 0.6) is 0 Å². The summed E-state index contributed by atoms with van der Waals surface area (Å²) in [6.07, 6.45) is 1.36. The molecule has 1 aromatic heterocycles. The molecule has 1 aromatic carbocycles. The van der Waals surface area contributed by atoms with Crippen LogP contribution in [-0.4, -0.2) is 5.11 Å². The first-order chi connectivity index (χ1) is 9.15. The van der Waals surface area contributed by atoms with Crippen LogP contribution in [0.2, 0.25) is 0 Å². The molecule has 0 saturated carbocycles.